The van der Waals surface area contributed by atoms with Crippen molar-refractivity contribution in [3.05, 3.63) is 17.7 Å². The lowest BCUT2D eigenvalue weighted by atomic mass is 10.1. The van der Waals surface area contributed by atoms with E-state index >= 15 is 0 Å². The van der Waals surface area contributed by atoms with E-state index in [4.69, 9.17) is 14.2 Å². The lowest BCUT2D eigenvalue weighted by Crippen LogP contribution is -2.41. The van der Waals surface area contributed by atoms with Crippen LogP contribution in [0.1, 0.15) is 39.7 Å². The highest BCUT2D eigenvalue weighted by Crippen LogP contribution is 2.34. The number of nitrogens with zero attached hydrogens (tertiary/aromatic N) is 2. The fourth-order valence-electron chi connectivity index (χ4n) is 3.21. The van der Waals surface area contributed by atoms with Crippen LogP contribution in [0.25, 0.3) is 0 Å². The zero-order valence-electron chi connectivity index (χ0n) is 18.8. The van der Waals surface area contributed by atoms with Crippen molar-refractivity contribution in [2.45, 2.75) is 52.7 Å². The number of rotatable bonds is 11. The third-order valence-electron chi connectivity index (χ3n) is 4.67. The Kier molecular flexibility index (Phi) is 10.5. The van der Waals surface area contributed by atoms with Gasteiger partial charge in [0.25, 0.3) is 0 Å². The van der Waals surface area contributed by atoms with Gasteiger partial charge in [0.15, 0.2) is 17.5 Å². The average molecular weight is 395 g/mol. The number of aliphatic imine (C=N–C) groups is 1. The Morgan fingerprint density at radius 2 is 1.50 bits per heavy atom. The quantitative estimate of drug-likeness (QED) is 0.342. The molecule has 0 aliphatic rings. The normalized spacial score (nSPS) is 11.9. The summed E-state index contributed by atoms with van der Waals surface area (Å²) in [4.78, 5) is 6.80. The standard InChI is InChI=1S/C21H38N4O3/c1-15(2)25(16(3)4)11-9-10-23-21(22-5)24-14-17-12-19(27-7)20(28-8)13-18(17)26-6/h12-13,15-16H,9-11,14H2,1-8H3,(H2,22,23,24). The van der Waals surface area contributed by atoms with Crippen molar-refractivity contribution in [1.82, 2.24) is 15.5 Å². The summed E-state index contributed by atoms with van der Waals surface area (Å²) in [6.45, 7) is 11.4. The SMILES string of the molecule is CN=C(NCCCN(C(C)C)C(C)C)NCc1cc(OC)c(OC)cc1OC. The zero-order chi connectivity index (χ0) is 21.1. The molecule has 7 heteroatoms. The van der Waals surface area contributed by atoms with E-state index in [0.717, 1.165) is 36.8 Å². The van der Waals surface area contributed by atoms with Crippen LogP contribution in [0.4, 0.5) is 0 Å². The van der Waals surface area contributed by atoms with E-state index in [1.807, 2.05) is 12.1 Å². The lowest BCUT2D eigenvalue weighted by Gasteiger charge is -2.30. The monoisotopic (exact) mass is 394 g/mol. The van der Waals surface area contributed by atoms with Crippen molar-refractivity contribution in [1.29, 1.82) is 0 Å². The second-order valence-corrected chi connectivity index (χ2v) is 7.15. The Morgan fingerprint density at radius 3 is 2.00 bits per heavy atom. The topological polar surface area (TPSA) is 67.4 Å². The van der Waals surface area contributed by atoms with E-state index in [9.17, 15) is 0 Å². The first-order valence-corrected chi connectivity index (χ1v) is 9.87. The van der Waals surface area contributed by atoms with Crippen LogP contribution in [0.3, 0.4) is 0 Å². The fourth-order valence-corrected chi connectivity index (χ4v) is 3.21. The Bertz CT molecular complexity index is 610. The molecule has 1 rings (SSSR count). The van der Waals surface area contributed by atoms with Crippen LogP contribution in [0.2, 0.25) is 0 Å². The molecular formula is C21H38N4O3. The molecule has 7 nitrogen and oxygen atoms in total. The van der Waals surface area contributed by atoms with Crippen LogP contribution in [-0.4, -0.2) is 64.4 Å². The smallest absolute Gasteiger partial charge is 0.191 e. The van der Waals surface area contributed by atoms with Crippen LogP contribution in [0.15, 0.2) is 17.1 Å². The van der Waals surface area contributed by atoms with E-state index < -0.39 is 0 Å². The predicted octanol–water partition coefficient (Wildman–Crippen LogP) is 2.89. The highest BCUT2D eigenvalue weighted by molar-refractivity contribution is 5.79. The van der Waals surface area contributed by atoms with Gasteiger partial charge in [0.1, 0.15) is 5.75 Å². The van der Waals surface area contributed by atoms with Crippen LogP contribution in [-0.2, 0) is 6.54 Å². The molecule has 28 heavy (non-hydrogen) atoms. The Balaban J connectivity index is 2.61. The second kappa shape index (κ2) is 12.3. The minimum Gasteiger partial charge on any atom is -0.496 e. The average Bonchev–Trinajstić information content (AvgIpc) is 2.68. The van der Waals surface area contributed by atoms with Gasteiger partial charge in [-0.15, -0.1) is 0 Å². The molecule has 0 radical (unpaired) electrons. The first kappa shape index (κ1) is 23.9. The molecule has 1 aromatic carbocycles. The maximum Gasteiger partial charge on any atom is 0.191 e. The molecule has 0 saturated carbocycles. The zero-order valence-corrected chi connectivity index (χ0v) is 18.8. The summed E-state index contributed by atoms with van der Waals surface area (Å²) in [6, 6.07) is 4.85. The Hall–Kier alpha value is -2.15. The van der Waals surface area contributed by atoms with Crippen molar-refractivity contribution in [3.8, 4) is 17.2 Å². The van der Waals surface area contributed by atoms with E-state index in [0.29, 0.717) is 30.1 Å². The van der Waals surface area contributed by atoms with Crippen molar-refractivity contribution in [2.24, 2.45) is 4.99 Å². The molecule has 0 aliphatic heterocycles. The molecule has 0 heterocycles. The first-order valence-electron chi connectivity index (χ1n) is 9.87. The Morgan fingerprint density at radius 1 is 0.929 bits per heavy atom. The third-order valence-corrected chi connectivity index (χ3v) is 4.67. The summed E-state index contributed by atoms with van der Waals surface area (Å²) in [7, 11) is 6.66. The summed E-state index contributed by atoms with van der Waals surface area (Å²) in [5.41, 5.74) is 0.967. The second-order valence-electron chi connectivity index (χ2n) is 7.15. The third kappa shape index (κ3) is 7.11. The van der Waals surface area contributed by atoms with E-state index in [-0.39, 0.29) is 0 Å². The summed E-state index contributed by atoms with van der Waals surface area (Å²) < 4.78 is 16.2. The van der Waals surface area contributed by atoms with Gasteiger partial charge in [0.2, 0.25) is 0 Å². The minimum atomic E-state index is 0.551. The minimum absolute atomic E-state index is 0.551. The molecule has 2 N–H and O–H groups in total. The molecular weight excluding hydrogens is 356 g/mol. The molecule has 0 fully saturated rings. The van der Waals surface area contributed by atoms with Crippen molar-refractivity contribution < 1.29 is 14.2 Å². The lowest BCUT2D eigenvalue weighted by molar-refractivity contribution is 0.173. The van der Waals surface area contributed by atoms with Gasteiger partial charge in [-0.2, -0.15) is 0 Å². The fraction of sp³-hybridized carbons (Fsp3) is 0.667. The summed E-state index contributed by atoms with van der Waals surface area (Å²) in [6.07, 6.45) is 1.05. The summed E-state index contributed by atoms with van der Waals surface area (Å²) in [5.74, 6) is 2.82. The van der Waals surface area contributed by atoms with E-state index in [2.05, 4.69) is 48.2 Å². The largest absolute Gasteiger partial charge is 0.496 e. The van der Waals surface area contributed by atoms with Crippen LogP contribution >= 0.6 is 0 Å². The number of nitrogens with one attached hydrogen (secondary N) is 2. The van der Waals surface area contributed by atoms with Gasteiger partial charge in [-0.05, 0) is 40.2 Å². The Labute approximate surface area is 170 Å². The number of hydrogen-bond donors (Lipinski definition) is 2. The van der Waals surface area contributed by atoms with Crippen molar-refractivity contribution >= 4 is 5.96 Å². The number of benzene rings is 1. The summed E-state index contributed by atoms with van der Waals surface area (Å²) in [5, 5.41) is 6.71. The number of hydrogen-bond acceptors (Lipinski definition) is 5. The van der Waals surface area contributed by atoms with Crippen molar-refractivity contribution in [2.75, 3.05) is 41.5 Å². The van der Waals surface area contributed by atoms with Gasteiger partial charge < -0.3 is 24.8 Å². The predicted molar refractivity (Wildman–Crippen MR) is 116 cm³/mol. The molecule has 0 atom stereocenters. The molecule has 0 unspecified atom stereocenters. The van der Waals surface area contributed by atoms with E-state index in [1.165, 1.54) is 0 Å². The molecule has 0 saturated heterocycles. The van der Waals surface area contributed by atoms with Crippen LogP contribution in [0.5, 0.6) is 17.2 Å². The maximum atomic E-state index is 5.48. The van der Waals surface area contributed by atoms with Gasteiger partial charge >= 0.3 is 0 Å². The van der Waals surface area contributed by atoms with Gasteiger partial charge in [0.05, 0.1) is 21.3 Å². The highest BCUT2D eigenvalue weighted by atomic mass is 16.5. The maximum absolute atomic E-state index is 5.48. The molecule has 0 bridgehead atoms. The molecule has 160 valence electrons. The highest BCUT2D eigenvalue weighted by Gasteiger charge is 2.13. The van der Waals surface area contributed by atoms with Gasteiger partial charge in [0, 0.05) is 50.4 Å². The summed E-state index contributed by atoms with van der Waals surface area (Å²) >= 11 is 0. The van der Waals surface area contributed by atoms with Crippen LogP contribution in [0, 0.1) is 0 Å². The number of guanidine groups is 1. The van der Waals surface area contributed by atoms with Gasteiger partial charge in [-0.25, -0.2) is 0 Å². The van der Waals surface area contributed by atoms with Gasteiger partial charge in [-0.3, -0.25) is 9.89 Å². The molecule has 0 amide bonds. The first-order chi connectivity index (χ1) is 13.4. The molecule has 1 aromatic rings. The number of methoxy groups -OCH3 is 3. The van der Waals surface area contributed by atoms with Gasteiger partial charge in [-0.1, -0.05) is 0 Å². The van der Waals surface area contributed by atoms with E-state index in [1.54, 1.807) is 28.4 Å². The molecule has 0 aromatic heterocycles. The number of ether oxygens (including phenoxy) is 3. The van der Waals surface area contributed by atoms with Crippen LogP contribution < -0.4 is 24.8 Å². The molecule has 0 aliphatic carbocycles. The van der Waals surface area contributed by atoms with Crippen molar-refractivity contribution in [3.63, 3.8) is 0 Å². The molecule has 0 spiro atoms.